The van der Waals surface area contributed by atoms with Crippen LogP contribution in [0, 0.1) is 16.7 Å². The Hall–Kier alpha value is -5.14. The summed E-state index contributed by atoms with van der Waals surface area (Å²) in [6.45, 7) is 5.43. The van der Waals surface area contributed by atoms with Gasteiger partial charge in [0.05, 0.1) is 0 Å². The first-order valence-electron chi connectivity index (χ1n) is 14.4. The second-order valence-corrected chi connectivity index (χ2v) is 11.6. The van der Waals surface area contributed by atoms with Gasteiger partial charge in [0, 0.05) is 47.0 Å². The molecule has 0 bridgehead atoms. The highest BCUT2D eigenvalue weighted by Gasteiger charge is 2.28. The summed E-state index contributed by atoms with van der Waals surface area (Å²) in [6.07, 6.45) is 2.02. The molecule has 0 saturated heterocycles. The third kappa shape index (κ3) is 9.68. The molecule has 0 aromatic heterocycles. The van der Waals surface area contributed by atoms with Crippen LogP contribution in [0.1, 0.15) is 57.6 Å². The molecule has 1 fully saturated rings. The van der Waals surface area contributed by atoms with Gasteiger partial charge in [0.1, 0.15) is 40.3 Å². The molecule has 45 heavy (non-hydrogen) atoms. The zero-order valence-corrected chi connectivity index (χ0v) is 25.3. The Morgan fingerprint density at radius 2 is 1.20 bits per heavy atom. The van der Waals surface area contributed by atoms with E-state index >= 15 is 0 Å². The molecule has 0 spiro atoms. The summed E-state index contributed by atoms with van der Waals surface area (Å²) in [7, 11) is 0. The number of rotatable bonds is 9. The standard InChI is InChI=1S/C32H38N6O7/c1-32(2,3)45-31(40)36-22-10-4-21(5-11-22)30(39)35-23-16-26(43-24-12-6-19(7-13-24)28(33)37-41)18-27(17-23)44-25-14-8-20(9-15-25)29(34)38-42/h6-9,12-18,21-22,41-42H,4-5,10-11H2,1-3H3,(H2,33,37)(H2,34,38)(H,35,39)(H,36,40)/t21-,22-. The third-order valence-corrected chi connectivity index (χ3v) is 6.95. The highest BCUT2D eigenvalue weighted by molar-refractivity contribution is 5.96. The molecule has 1 aliphatic carbocycles. The summed E-state index contributed by atoms with van der Waals surface area (Å²) < 4.78 is 17.4. The van der Waals surface area contributed by atoms with Crippen LogP contribution in [-0.2, 0) is 9.53 Å². The Morgan fingerprint density at radius 1 is 0.733 bits per heavy atom. The maximum Gasteiger partial charge on any atom is 0.407 e. The number of amides is 2. The van der Waals surface area contributed by atoms with Gasteiger partial charge < -0.3 is 24.8 Å². The van der Waals surface area contributed by atoms with Crippen LogP contribution in [0.4, 0.5) is 10.5 Å². The van der Waals surface area contributed by atoms with Crippen LogP contribution in [0.25, 0.3) is 0 Å². The zero-order chi connectivity index (χ0) is 32.6. The summed E-state index contributed by atoms with van der Waals surface area (Å²) in [6, 6.07) is 17.9. The van der Waals surface area contributed by atoms with Gasteiger partial charge in [-0.1, -0.05) is 0 Å². The van der Waals surface area contributed by atoms with Gasteiger partial charge in [-0.15, -0.1) is 0 Å². The summed E-state index contributed by atoms with van der Waals surface area (Å²) in [4.78, 5) is 25.4. The van der Waals surface area contributed by atoms with Crippen molar-refractivity contribution in [2.45, 2.75) is 58.1 Å². The second-order valence-electron chi connectivity index (χ2n) is 11.6. The number of hydrogen-bond acceptors (Lipinski definition) is 9. The van der Waals surface area contributed by atoms with Crippen LogP contribution in [0.15, 0.2) is 66.7 Å². The van der Waals surface area contributed by atoms with Crippen molar-refractivity contribution in [3.8, 4) is 23.0 Å². The van der Waals surface area contributed by atoms with Gasteiger partial charge >= 0.3 is 6.09 Å². The number of hydroxylamine groups is 2. The van der Waals surface area contributed by atoms with Crippen molar-refractivity contribution in [1.82, 2.24) is 16.3 Å². The third-order valence-electron chi connectivity index (χ3n) is 6.95. The van der Waals surface area contributed by atoms with Gasteiger partial charge in [-0.25, -0.2) is 4.79 Å². The minimum Gasteiger partial charge on any atom is -0.457 e. The molecule has 3 aromatic rings. The Kier molecular flexibility index (Phi) is 10.6. The Balaban J connectivity index is 1.47. The SMILES string of the molecule is CC(C)(C)OC(=O)N[C@H]1CC[C@H](C(=O)Nc2cc(Oc3ccc(C(=N)NO)cc3)cc(Oc3ccc(C(=N)NO)cc3)c2)CC1. The molecular formula is C32H38N6O7. The van der Waals surface area contributed by atoms with Crippen molar-refractivity contribution in [2.24, 2.45) is 5.92 Å². The summed E-state index contributed by atoms with van der Waals surface area (Å²) in [5, 5.41) is 39.2. The summed E-state index contributed by atoms with van der Waals surface area (Å²) >= 11 is 0. The van der Waals surface area contributed by atoms with Crippen LogP contribution in [0.5, 0.6) is 23.0 Å². The highest BCUT2D eigenvalue weighted by atomic mass is 16.6. The Morgan fingerprint density at radius 3 is 1.62 bits per heavy atom. The number of carbonyl (C=O) groups is 2. The van der Waals surface area contributed by atoms with E-state index in [-0.39, 0.29) is 29.5 Å². The fourth-order valence-corrected chi connectivity index (χ4v) is 4.76. The first-order chi connectivity index (χ1) is 21.4. The van der Waals surface area contributed by atoms with Gasteiger partial charge in [0.25, 0.3) is 0 Å². The van der Waals surface area contributed by atoms with E-state index in [1.54, 1.807) is 77.7 Å². The lowest BCUT2D eigenvalue weighted by atomic mass is 9.85. The van der Waals surface area contributed by atoms with Crippen molar-refractivity contribution in [3.63, 3.8) is 0 Å². The Labute approximate surface area is 260 Å². The molecule has 13 nitrogen and oxygen atoms in total. The normalized spacial score (nSPS) is 16.1. The lowest BCUT2D eigenvalue weighted by molar-refractivity contribution is -0.120. The quantitative estimate of drug-likeness (QED) is 0.0817. The van der Waals surface area contributed by atoms with Crippen molar-refractivity contribution in [1.29, 1.82) is 10.8 Å². The molecule has 0 heterocycles. The van der Waals surface area contributed by atoms with Crippen molar-refractivity contribution < 1.29 is 34.2 Å². The number of carbonyl (C=O) groups excluding carboxylic acids is 2. The number of hydrogen-bond donors (Lipinski definition) is 8. The van der Waals surface area contributed by atoms with Crippen LogP contribution >= 0.6 is 0 Å². The van der Waals surface area contributed by atoms with Gasteiger partial charge in [-0.3, -0.25) is 37.0 Å². The van der Waals surface area contributed by atoms with Gasteiger partial charge in [-0.2, -0.15) is 0 Å². The Bertz CT molecular complexity index is 1430. The largest absolute Gasteiger partial charge is 0.457 e. The summed E-state index contributed by atoms with van der Waals surface area (Å²) in [5.41, 5.74) is 4.38. The average molecular weight is 619 g/mol. The molecule has 13 heteroatoms. The maximum atomic E-state index is 13.3. The molecule has 8 N–H and O–H groups in total. The molecule has 0 unspecified atom stereocenters. The lowest BCUT2D eigenvalue weighted by Crippen LogP contribution is -2.42. The first kappa shape index (κ1) is 32.8. The molecule has 4 rings (SSSR count). The molecule has 3 aromatic carbocycles. The van der Waals surface area contributed by atoms with Gasteiger partial charge in [0.2, 0.25) is 5.91 Å². The number of ether oxygens (including phenoxy) is 3. The van der Waals surface area contributed by atoms with Gasteiger partial charge in [-0.05, 0) is 95.0 Å². The number of alkyl carbamates (subject to hydrolysis) is 1. The smallest absolute Gasteiger partial charge is 0.407 e. The van der Waals surface area contributed by atoms with Crippen LogP contribution in [0.3, 0.4) is 0 Å². The monoisotopic (exact) mass is 618 g/mol. The number of anilines is 1. The minimum atomic E-state index is -0.585. The van der Waals surface area contributed by atoms with Crippen LogP contribution < -0.4 is 31.1 Å². The van der Waals surface area contributed by atoms with E-state index in [1.807, 2.05) is 20.8 Å². The van der Waals surface area contributed by atoms with Crippen molar-refractivity contribution in [3.05, 3.63) is 77.9 Å². The number of amidine groups is 2. The first-order valence-corrected chi connectivity index (χ1v) is 14.4. The zero-order valence-electron chi connectivity index (χ0n) is 25.3. The molecule has 0 radical (unpaired) electrons. The topological polar surface area (TPSA) is 198 Å². The van der Waals surface area contributed by atoms with E-state index in [4.69, 9.17) is 35.4 Å². The predicted octanol–water partition coefficient (Wildman–Crippen LogP) is 5.90. The van der Waals surface area contributed by atoms with Crippen molar-refractivity contribution in [2.75, 3.05) is 5.32 Å². The maximum absolute atomic E-state index is 13.3. The van der Waals surface area contributed by atoms with E-state index in [1.165, 1.54) is 0 Å². The lowest BCUT2D eigenvalue weighted by Gasteiger charge is -2.29. The summed E-state index contributed by atoms with van der Waals surface area (Å²) in [5.74, 6) is 0.926. The minimum absolute atomic E-state index is 0.0628. The fraction of sp³-hybridized carbons (Fsp3) is 0.312. The molecular weight excluding hydrogens is 580 g/mol. The molecule has 238 valence electrons. The van der Waals surface area contributed by atoms with E-state index in [9.17, 15) is 9.59 Å². The van der Waals surface area contributed by atoms with Crippen LogP contribution in [-0.4, -0.2) is 45.7 Å². The molecule has 2 amide bonds. The number of nitrogens with one attached hydrogen (secondary N) is 6. The molecule has 0 aliphatic heterocycles. The predicted molar refractivity (Wildman–Crippen MR) is 167 cm³/mol. The fourth-order valence-electron chi connectivity index (χ4n) is 4.76. The second kappa shape index (κ2) is 14.6. The van der Waals surface area contributed by atoms with E-state index in [0.717, 1.165) is 0 Å². The van der Waals surface area contributed by atoms with Crippen molar-refractivity contribution >= 4 is 29.4 Å². The van der Waals surface area contributed by atoms with E-state index in [2.05, 4.69) is 10.6 Å². The van der Waals surface area contributed by atoms with Crippen LogP contribution in [0.2, 0.25) is 0 Å². The average Bonchev–Trinajstić information content (AvgIpc) is 3.00. The highest BCUT2D eigenvalue weighted by Crippen LogP contribution is 2.34. The van der Waals surface area contributed by atoms with Gasteiger partial charge in [0.15, 0.2) is 0 Å². The van der Waals surface area contributed by atoms with E-state index < -0.39 is 11.7 Å². The van der Waals surface area contributed by atoms with E-state index in [0.29, 0.717) is 65.5 Å². The number of benzene rings is 3. The molecule has 1 saturated carbocycles. The molecule has 0 atom stereocenters. The molecule has 1 aliphatic rings.